The Morgan fingerprint density at radius 1 is 1.29 bits per heavy atom. The van der Waals surface area contributed by atoms with Gasteiger partial charge in [0.05, 0.1) is 42.5 Å². The molecule has 150 valence electrons. The number of benzene rings is 1. The van der Waals surface area contributed by atoms with E-state index in [-0.39, 0.29) is 37.0 Å². The Hall–Kier alpha value is -2.74. The molecule has 0 spiro atoms. The minimum atomic E-state index is -0.438. The van der Waals surface area contributed by atoms with E-state index >= 15 is 0 Å². The zero-order chi connectivity index (χ0) is 20.1. The minimum Gasteiger partial charge on any atom is -0.450 e. The third-order valence-corrected chi connectivity index (χ3v) is 5.04. The molecule has 0 bridgehead atoms. The number of likely N-dealkylation sites (tertiary alicyclic amines) is 1. The predicted molar refractivity (Wildman–Crippen MR) is 103 cm³/mol. The number of hydrogen-bond acceptors (Lipinski definition) is 6. The molecule has 1 amide bonds. The number of methoxy groups -OCH3 is 1. The van der Waals surface area contributed by atoms with Crippen molar-refractivity contribution < 1.29 is 19.1 Å². The van der Waals surface area contributed by atoms with Crippen LogP contribution in [0.2, 0.25) is 0 Å². The zero-order valence-corrected chi connectivity index (χ0v) is 16.2. The second-order valence-electron chi connectivity index (χ2n) is 6.81. The van der Waals surface area contributed by atoms with E-state index in [1.54, 1.807) is 37.1 Å². The summed E-state index contributed by atoms with van der Waals surface area (Å²) >= 11 is 0. The van der Waals surface area contributed by atoms with Gasteiger partial charge < -0.3 is 14.4 Å². The summed E-state index contributed by atoms with van der Waals surface area (Å²) in [4.78, 5) is 43.4. The van der Waals surface area contributed by atoms with Gasteiger partial charge in [-0.1, -0.05) is 12.1 Å². The van der Waals surface area contributed by atoms with Crippen LogP contribution in [0.5, 0.6) is 0 Å². The smallest absolute Gasteiger partial charge is 0.410 e. The Kier molecular flexibility index (Phi) is 6.41. The van der Waals surface area contributed by atoms with Gasteiger partial charge in [-0.2, -0.15) is 0 Å². The summed E-state index contributed by atoms with van der Waals surface area (Å²) in [5.74, 6) is -0.164. The molecular weight excluding hydrogens is 362 g/mol. The molecule has 1 saturated heterocycles. The van der Waals surface area contributed by atoms with E-state index in [9.17, 15) is 14.4 Å². The highest BCUT2D eigenvalue weighted by Gasteiger charge is 2.36. The summed E-state index contributed by atoms with van der Waals surface area (Å²) in [6.07, 6.45) is 2.36. The van der Waals surface area contributed by atoms with E-state index in [0.717, 1.165) is 12.8 Å². The molecule has 1 aromatic heterocycles. The van der Waals surface area contributed by atoms with Crippen molar-refractivity contribution in [2.24, 2.45) is 0 Å². The average molecular weight is 387 g/mol. The second kappa shape index (κ2) is 8.97. The highest BCUT2D eigenvalue weighted by Crippen LogP contribution is 2.24. The summed E-state index contributed by atoms with van der Waals surface area (Å²) in [7, 11) is 1.58. The van der Waals surface area contributed by atoms with Crippen molar-refractivity contribution in [2.45, 2.75) is 44.9 Å². The minimum absolute atomic E-state index is 0.0938. The molecule has 3 rings (SSSR count). The molecule has 1 fully saturated rings. The Morgan fingerprint density at radius 2 is 2.07 bits per heavy atom. The SMILES string of the molecule is CCOC(=O)N1CCC[C@H](OC)[C@@H]1CC(=O)Cn1cnc2ccccc2c1=O. The number of fused-ring (bicyclic) bond motifs is 1. The summed E-state index contributed by atoms with van der Waals surface area (Å²) in [6, 6.07) is 6.61. The molecule has 0 N–H and O–H groups in total. The van der Waals surface area contributed by atoms with E-state index in [1.807, 2.05) is 6.07 Å². The number of para-hydroxylation sites is 1. The summed E-state index contributed by atoms with van der Waals surface area (Å²) in [6.45, 7) is 2.44. The molecule has 0 aliphatic carbocycles. The molecule has 1 aliphatic heterocycles. The summed E-state index contributed by atoms with van der Waals surface area (Å²) < 4.78 is 11.9. The first-order valence-corrected chi connectivity index (χ1v) is 9.47. The Balaban J connectivity index is 1.77. The Bertz CT molecular complexity index is 910. The fourth-order valence-electron chi connectivity index (χ4n) is 3.68. The third kappa shape index (κ3) is 4.22. The quantitative estimate of drug-likeness (QED) is 0.753. The van der Waals surface area contributed by atoms with Gasteiger partial charge in [0.25, 0.3) is 5.56 Å². The van der Waals surface area contributed by atoms with Gasteiger partial charge in [0.2, 0.25) is 0 Å². The fourth-order valence-corrected chi connectivity index (χ4v) is 3.68. The summed E-state index contributed by atoms with van der Waals surface area (Å²) in [5.41, 5.74) is 0.338. The first kappa shape index (κ1) is 20.0. The van der Waals surface area contributed by atoms with Gasteiger partial charge in [-0.15, -0.1) is 0 Å². The lowest BCUT2D eigenvalue weighted by Gasteiger charge is -2.39. The van der Waals surface area contributed by atoms with E-state index in [1.165, 1.54) is 10.9 Å². The van der Waals surface area contributed by atoms with Crippen molar-refractivity contribution in [1.82, 2.24) is 14.5 Å². The van der Waals surface area contributed by atoms with Crippen LogP contribution in [0.4, 0.5) is 4.79 Å². The van der Waals surface area contributed by atoms with Crippen LogP contribution in [0.1, 0.15) is 26.2 Å². The highest BCUT2D eigenvalue weighted by atomic mass is 16.6. The fraction of sp³-hybridized carbons (Fsp3) is 0.500. The molecule has 2 atom stereocenters. The first-order chi connectivity index (χ1) is 13.5. The second-order valence-corrected chi connectivity index (χ2v) is 6.81. The number of rotatable bonds is 6. The van der Waals surface area contributed by atoms with Gasteiger partial charge in [-0.25, -0.2) is 9.78 Å². The van der Waals surface area contributed by atoms with Gasteiger partial charge in [-0.05, 0) is 31.9 Å². The first-order valence-electron chi connectivity index (χ1n) is 9.47. The molecular formula is C20H25N3O5. The number of hydrogen-bond donors (Lipinski definition) is 0. The van der Waals surface area contributed by atoms with Gasteiger partial charge in [0.15, 0.2) is 5.78 Å². The standard InChI is InChI=1S/C20H25N3O5/c1-3-28-20(26)23-10-6-9-18(27-2)17(23)11-14(24)12-22-13-21-16-8-5-4-7-15(16)19(22)25/h4-5,7-8,13,17-18H,3,6,9-12H2,1-2H3/t17-,18-/m0/s1. The Morgan fingerprint density at radius 3 is 2.82 bits per heavy atom. The number of carbonyl (C=O) groups is 2. The van der Waals surface area contributed by atoms with Gasteiger partial charge >= 0.3 is 6.09 Å². The van der Waals surface area contributed by atoms with Gasteiger partial charge in [0.1, 0.15) is 0 Å². The maximum absolute atomic E-state index is 12.7. The summed E-state index contributed by atoms with van der Waals surface area (Å²) in [5, 5.41) is 0.471. The lowest BCUT2D eigenvalue weighted by atomic mass is 9.94. The maximum atomic E-state index is 12.7. The lowest BCUT2D eigenvalue weighted by molar-refractivity contribution is -0.122. The predicted octanol–water partition coefficient (Wildman–Crippen LogP) is 1.99. The van der Waals surface area contributed by atoms with Crippen LogP contribution < -0.4 is 5.56 Å². The average Bonchev–Trinajstić information content (AvgIpc) is 2.70. The monoisotopic (exact) mass is 387 g/mol. The number of carbonyl (C=O) groups excluding carboxylic acids is 2. The van der Waals surface area contributed by atoms with Crippen LogP contribution in [0.15, 0.2) is 35.4 Å². The highest BCUT2D eigenvalue weighted by molar-refractivity contribution is 5.81. The topological polar surface area (TPSA) is 90.7 Å². The molecule has 0 unspecified atom stereocenters. The zero-order valence-electron chi connectivity index (χ0n) is 16.2. The van der Waals surface area contributed by atoms with Crippen molar-refractivity contribution in [3.63, 3.8) is 0 Å². The molecule has 1 aromatic carbocycles. The largest absolute Gasteiger partial charge is 0.450 e. The van der Waals surface area contributed by atoms with Crippen molar-refractivity contribution >= 4 is 22.8 Å². The third-order valence-electron chi connectivity index (χ3n) is 5.04. The number of amides is 1. The molecule has 2 heterocycles. The number of ketones is 1. The van der Waals surface area contributed by atoms with Gasteiger partial charge in [-0.3, -0.25) is 14.2 Å². The van der Waals surface area contributed by atoms with Crippen LogP contribution in [0.25, 0.3) is 10.9 Å². The number of Topliss-reactive ketones (excluding diaryl/α,β-unsaturated/α-hetero) is 1. The molecule has 2 aromatic rings. The van der Waals surface area contributed by atoms with Crippen LogP contribution in [-0.4, -0.2) is 58.7 Å². The lowest BCUT2D eigenvalue weighted by Crippen LogP contribution is -2.52. The van der Waals surface area contributed by atoms with Crippen LogP contribution in [0.3, 0.4) is 0 Å². The number of nitrogens with zero attached hydrogens (tertiary/aromatic N) is 3. The molecule has 8 nitrogen and oxygen atoms in total. The maximum Gasteiger partial charge on any atom is 0.410 e. The number of piperidine rings is 1. The van der Waals surface area contributed by atoms with E-state index < -0.39 is 12.1 Å². The van der Waals surface area contributed by atoms with E-state index in [2.05, 4.69) is 4.98 Å². The van der Waals surface area contributed by atoms with E-state index in [4.69, 9.17) is 9.47 Å². The normalized spacial score (nSPS) is 19.6. The van der Waals surface area contributed by atoms with Crippen LogP contribution >= 0.6 is 0 Å². The van der Waals surface area contributed by atoms with Crippen LogP contribution in [0, 0.1) is 0 Å². The van der Waals surface area contributed by atoms with Gasteiger partial charge in [0, 0.05) is 20.1 Å². The van der Waals surface area contributed by atoms with Crippen molar-refractivity contribution in [3.05, 3.63) is 40.9 Å². The molecule has 1 aliphatic rings. The van der Waals surface area contributed by atoms with Crippen molar-refractivity contribution in [1.29, 1.82) is 0 Å². The molecule has 8 heteroatoms. The van der Waals surface area contributed by atoms with Crippen molar-refractivity contribution in [2.75, 3.05) is 20.3 Å². The molecule has 0 radical (unpaired) electrons. The molecule has 28 heavy (non-hydrogen) atoms. The molecule has 0 saturated carbocycles. The van der Waals surface area contributed by atoms with Crippen molar-refractivity contribution in [3.8, 4) is 0 Å². The number of ether oxygens (including phenoxy) is 2. The number of aromatic nitrogens is 2. The van der Waals surface area contributed by atoms with E-state index in [0.29, 0.717) is 17.4 Å². The Labute approximate surface area is 163 Å². The van der Waals surface area contributed by atoms with Crippen LogP contribution in [-0.2, 0) is 20.8 Å².